The number of halogens is 1. The van der Waals surface area contributed by atoms with Crippen molar-refractivity contribution < 1.29 is 0 Å². The Morgan fingerprint density at radius 2 is 1.62 bits per heavy atom. The maximum Gasteiger partial charge on any atom is 0.164 e. The van der Waals surface area contributed by atoms with Crippen LogP contribution in [0.2, 0.25) is 0 Å². The fourth-order valence-electron chi connectivity index (χ4n) is 3.03. The number of hydrogen-bond donors (Lipinski definition) is 0. The molecule has 0 amide bonds. The van der Waals surface area contributed by atoms with E-state index in [-0.39, 0.29) is 0 Å². The quantitative estimate of drug-likeness (QED) is 0.465. The molecule has 4 rings (SSSR count). The summed E-state index contributed by atoms with van der Waals surface area (Å²) in [7, 11) is 0. The van der Waals surface area contributed by atoms with Gasteiger partial charge < -0.3 is 0 Å². The molecule has 0 spiro atoms. The Morgan fingerprint density at radius 3 is 2.38 bits per heavy atom. The van der Waals surface area contributed by atoms with Crippen LogP contribution >= 0.6 is 15.9 Å². The second-order valence-corrected chi connectivity index (χ2v) is 6.79. The lowest BCUT2D eigenvalue weighted by Crippen LogP contribution is -1.97. The highest BCUT2D eigenvalue weighted by Crippen LogP contribution is 2.35. The van der Waals surface area contributed by atoms with Crippen LogP contribution in [0.3, 0.4) is 0 Å². The van der Waals surface area contributed by atoms with Gasteiger partial charge in [0.15, 0.2) is 5.65 Å². The van der Waals surface area contributed by atoms with Crippen LogP contribution in [-0.2, 0) is 0 Å². The number of benzene rings is 2. The Kier molecular flexibility index (Phi) is 3.69. The Balaban J connectivity index is 2.11. The van der Waals surface area contributed by atoms with Crippen LogP contribution in [0.25, 0.3) is 28.0 Å². The van der Waals surface area contributed by atoms with Crippen molar-refractivity contribution in [2.24, 2.45) is 0 Å². The number of aromatic nitrogens is 3. The van der Waals surface area contributed by atoms with Crippen molar-refractivity contribution >= 4 is 21.6 Å². The van der Waals surface area contributed by atoms with Crippen LogP contribution in [0.4, 0.5) is 0 Å². The second-order valence-electron chi connectivity index (χ2n) is 5.87. The van der Waals surface area contributed by atoms with E-state index in [0.29, 0.717) is 0 Å². The fourth-order valence-corrected chi connectivity index (χ4v) is 3.43. The van der Waals surface area contributed by atoms with Crippen molar-refractivity contribution in [3.05, 3.63) is 76.5 Å². The van der Waals surface area contributed by atoms with Crippen LogP contribution in [0.1, 0.15) is 11.4 Å². The maximum atomic E-state index is 4.87. The van der Waals surface area contributed by atoms with Gasteiger partial charge in [0, 0.05) is 21.4 Å². The molecule has 0 N–H and O–H groups in total. The molecule has 0 radical (unpaired) electrons. The zero-order valence-corrected chi connectivity index (χ0v) is 15.1. The van der Waals surface area contributed by atoms with Crippen LogP contribution in [0, 0.1) is 13.8 Å². The fraction of sp³-hybridized carbons (Fsp3) is 0.100. The standard InChI is InChI=1S/C20H16BrN3/c1-13-11-14(2)24-20(22-13)18(15-7-4-3-5-8-15)19(23-24)16-9-6-10-17(21)12-16/h3-12H,1-2H3. The molecule has 3 nitrogen and oxygen atoms in total. The summed E-state index contributed by atoms with van der Waals surface area (Å²) in [4.78, 5) is 4.77. The first-order valence-electron chi connectivity index (χ1n) is 7.82. The predicted octanol–water partition coefficient (Wildman–Crippen LogP) is 5.44. The lowest BCUT2D eigenvalue weighted by Gasteiger charge is -2.04. The summed E-state index contributed by atoms with van der Waals surface area (Å²) in [6.07, 6.45) is 0. The van der Waals surface area contributed by atoms with E-state index in [1.165, 1.54) is 0 Å². The molecule has 4 aromatic rings. The van der Waals surface area contributed by atoms with Crippen molar-refractivity contribution in [3.63, 3.8) is 0 Å². The zero-order chi connectivity index (χ0) is 16.7. The predicted molar refractivity (Wildman–Crippen MR) is 101 cm³/mol. The smallest absolute Gasteiger partial charge is 0.164 e. The highest BCUT2D eigenvalue weighted by atomic mass is 79.9. The van der Waals surface area contributed by atoms with Gasteiger partial charge in [-0.2, -0.15) is 5.10 Å². The lowest BCUT2D eigenvalue weighted by atomic mass is 10.0. The van der Waals surface area contributed by atoms with Crippen molar-refractivity contribution in [1.82, 2.24) is 14.6 Å². The lowest BCUT2D eigenvalue weighted by molar-refractivity contribution is 0.889. The molecule has 0 fully saturated rings. The third-order valence-corrected chi connectivity index (χ3v) is 4.55. The molecule has 2 aromatic heterocycles. The minimum absolute atomic E-state index is 0.897. The molecule has 118 valence electrons. The first-order chi connectivity index (χ1) is 11.6. The normalized spacial score (nSPS) is 11.1. The van der Waals surface area contributed by atoms with Gasteiger partial charge in [-0.3, -0.25) is 0 Å². The average molecular weight is 378 g/mol. The summed E-state index contributed by atoms with van der Waals surface area (Å²) in [5.74, 6) is 0. The van der Waals surface area contributed by atoms with Crippen LogP contribution < -0.4 is 0 Å². The topological polar surface area (TPSA) is 30.2 Å². The summed E-state index contributed by atoms with van der Waals surface area (Å²) < 4.78 is 2.97. The Bertz CT molecular complexity index is 1040. The molecule has 2 heterocycles. The maximum absolute atomic E-state index is 4.87. The molecule has 0 atom stereocenters. The highest BCUT2D eigenvalue weighted by molar-refractivity contribution is 9.10. The minimum Gasteiger partial charge on any atom is -0.233 e. The molecule has 0 saturated carbocycles. The Morgan fingerprint density at radius 1 is 0.875 bits per heavy atom. The van der Waals surface area contributed by atoms with E-state index in [1.807, 2.05) is 41.8 Å². The van der Waals surface area contributed by atoms with Gasteiger partial charge in [0.05, 0.1) is 5.56 Å². The first kappa shape index (κ1) is 15.1. The van der Waals surface area contributed by atoms with E-state index < -0.39 is 0 Å². The van der Waals surface area contributed by atoms with Crippen LogP contribution in [0.5, 0.6) is 0 Å². The van der Waals surface area contributed by atoms with E-state index in [9.17, 15) is 0 Å². The van der Waals surface area contributed by atoms with Gasteiger partial charge in [0.2, 0.25) is 0 Å². The first-order valence-corrected chi connectivity index (χ1v) is 8.61. The van der Waals surface area contributed by atoms with E-state index in [1.54, 1.807) is 0 Å². The zero-order valence-electron chi connectivity index (χ0n) is 13.5. The summed E-state index contributed by atoms with van der Waals surface area (Å²) in [5.41, 5.74) is 7.19. The molecular weight excluding hydrogens is 362 g/mol. The molecular formula is C20H16BrN3. The molecule has 0 aliphatic heterocycles. The van der Waals surface area contributed by atoms with Gasteiger partial charge in [-0.05, 0) is 37.6 Å². The minimum atomic E-state index is 0.897. The van der Waals surface area contributed by atoms with E-state index in [0.717, 1.165) is 43.9 Å². The van der Waals surface area contributed by atoms with Crippen molar-refractivity contribution in [2.75, 3.05) is 0 Å². The molecule has 4 heteroatoms. The summed E-state index contributed by atoms with van der Waals surface area (Å²) >= 11 is 3.56. The average Bonchev–Trinajstić information content (AvgIpc) is 2.95. The highest BCUT2D eigenvalue weighted by Gasteiger charge is 2.18. The summed E-state index contributed by atoms with van der Waals surface area (Å²) in [6, 6.07) is 20.6. The summed E-state index contributed by atoms with van der Waals surface area (Å²) in [5, 5.41) is 4.87. The molecule has 24 heavy (non-hydrogen) atoms. The Hall–Kier alpha value is -2.46. The molecule has 0 saturated heterocycles. The number of rotatable bonds is 2. The van der Waals surface area contributed by atoms with Gasteiger partial charge in [-0.1, -0.05) is 58.4 Å². The van der Waals surface area contributed by atoms with Crippen molar-refractivity contribution in [2.45, 2.75) is 13.8 Å². The number of nitrogens with zero attached hydrogens (tertiary/aromatic N) is 3. The Labute approximate surface area is 149 Å². The van der Waals surface area contributed by atoms with Gasteiger partial charge in [-0.15, -0.1) is 0 Å². The van der Waals surface area contributed by atoms with Gasteiger partial charge >= 0.3 is 0 Å². The van der Waals surface area contributed by atoms with Gasteiger partial charge in [0.25, 0.3) is 0 Å². The molecule has 0 aliphatic carbocycles. The third kappa shape index (κ3) is 2.53. The monoisotopic (exact) mass is 377 g/mol. The largest absolute Gasteiger partial charge is 0.233 e. The van der Waals surface area contributed by atoms with E-state index in [2.05, 4.69) is 53.2 Å². The molecule has 0 aliphatic rings. The van der Waals surface area contributed by atoms with E-state index >= 15 is 0 Å². The number of aryl methyl sites for hydroxylation is 2. The number of fused-ring (bicyclic) bond motifs is 1. The molecule has 0 unspecified atom stereocenters. The van der Waals surface area contributed by atoms with E-state index in [4.69, 9.17) is 10.1 Å². The summed E-state index contributed by atoms with van der Waals surface area (Å²) in [6.45, 7) is 4.09. The van der Waals surface area contributed by atoms with Crippen molar-refractivity contribution in [3.8, 4) is 22.4 Å². The van der Waals surface area contributed by atoms with Gasteiger partial charge in [0.1, 0.15) is 5.69 Å². The molecule has 0 bridgehead atoms. The van der Waals surface area contributed by atoms with Crippen LogP contribution in [0.15, 0.2) is 65.1 Å². The van der Waals surface area contributed by atoms with Crippen LogP contribution in [-0.4, -0.2) is 14.6 Å². The SMILES string of the molecule is Cc1cc(C)n2nc(-c3cccc(Br)c3)c(-c3ccccc3)c2n1. The second kappa shape index (κ2) is 5.87. The molecule has 2 aromatic carbocycles. The van der Waals surface area contributed by atoms with Gasteiger partial charge in [-0.25, -0.2) is 9.50 Å². The van der Waals surface area contributed by atoms with Crippen molar-refractivity contribution in [1.29, 1.82) is 0 Å². The third-order valence-electron chi connectivity index (χ3n) is 4.06. The number of hydrogen-bond acceptors (Lipinski definition) is 2.